The highest BCUT2D eigenvalue weighted by Gasteiger charge is 2.21. The van der Waals surface area contributed by atoms with E-state index in [4.69, 9.17) is 19.9 Å². The predicted octanol–water partition coefficient (Wildman–Crippen LogP) is 1.41. The summed E-state index contributed by atoms with van der Waals surface area (Å²) in [5.74, 6) is 1.30. The Labute approximate surface area is 136 Å². The van der Waals surface area contributed by atoms with Gasteiger partial charge in [0.1, 0.15) is 0 Å². The number of nitrogens with two attached hydrogens (primary N) is 1. The number of hydrogen-bond donors (Lipinski definition) is 1. The van der Waals surface area contributed by atoms with Crippen molar-refractivity contribution in [2.24, 2.45) is 11.7 Å². The lowest BCUT2D eigenvalue weighted by atomic mass is 10.1. The van der Waals surface area contributed by atoms with Crippen LogP contribution in [0.1, 0.15) is 12.5 Å². The van der Waals surface area contributed by atoms with E-state index in [-0.39, 0.29) is 31.0 Å². The third-order valence-corrected chi connectivity index (χ3v) is 3.46. The Morgan fingerprint density at radius 2 is 2.14 bits per heavy atom. The maximum atomic E-state index is 12.4. The first-order valence-electron chi connectivity index (χ1n) is 7.02. The zero-order valence-electron chi connectivity index (χ0n) is 12.9. The molecule has 1 unspecified atom stereocenters. The standard InChI is InChI=1S/C15H22N2O4.ClH/c1-11(8-16)15(18)17(5-6-19-2)9-12-3-4-13-14(7-12)21-10-20-13;/h3-4,7,11H,5-6,8-10,16H2,1-2H3;1H. The van der Waals surface area contributed by atoms with Crippen LogP contribution in [-0.4, -0.2) is 44.4 Å². The fraction of sp³-hybridized carbons (Fsp3) is 0.533. The maximum absolute atomic E-state index is 12.4. The summed E-state index contributed by atoms with van der Waals surface area (Å²) in [6.45, 7) is 3.95. The van der Waals surface area contributed by atoms with Gasteiger partial charge < -0.3 is 24.8 Å². The molecular formula is C15H23ClN2O4. The van der Waals surface area contributed by atoms with Crippen LogP contribution in [0.3, 0.4) is 0 Å². The van der Waals surface area contributed by atoms with E-state index in [1.807, 2.05) is 25.1 Å². The summed E-state index contributed by atoms with van der Waals surface area (Å²) in [6, 6.07) is 5.71. The first kappa shape index (κ1) is 18.5. The lowest BCUT2D eigenvalue weighted by molar-refractivity contribution is -0.136. The van der Waals surface area contributed by atoms with Crippen LogP contribution in [0.15, 0.2) is 18.2 Å². The van der Waals surface area contributed by atoms with E-state index in [1.165, 1.54) is 0 Å². The molecule has 2 rings (SSSR count). The fourth-order valence-corrected chi connectivity index (χ4v) is 2.14. The molecule has 1 heterocycles. The summed E-state index contributed by atoms with van der Waals surface area (Å²) in [5, 5.41) is 0. The van der Waals surface area contributed by atoms with Crippen molar-refractivity contribution in [2.75, 3.05) is 33.6 Å². The van der Waals surface area contributed by atoms with E-state index in [2.05, 4.69) is 0 Å². The van der Waals surface area contributed by atoms with E-state index in [9.17, 15) is 4.79 Å². The van der Waals surface area contributed by atoms with Gasteiger partial charge in [-0.25, -0.2) is 0 Å². The molecule has 1 aliphatic rings. The van der Waals surface area contributed by atoms with E-state index >= 15 is 0 Å². The van der Waals surface area contributed by atoms with Gasteiger partial charge in [-0.1, -0.05) is 13.0 Å². The van der Waals surface area contributed by atoms with E-state index in [1.54, 1.807) is 12.0 Å². The van der Waals surface area contributed by atoms with Crippen LogP contribution in [0.4, 0.5) is 0 Å². The smallest absolute Gasteiger partial charge is 0.231 e. The average Bonchev–Trinajstić information content (AvgIpc) is 2.97. The van der Waals surface area contributed by atoms with Gasteiger partial charge in [-0.15, -0.1) is 12.4 Å². The molecule has 0 aliphatic carbocycles. The molecule has 7 heteroatoms. The SMILES string of the molecule is COCCN(Cc1ccc2c(c1)OCO2)C(=O)C(C)CN.Cl. The van der Waals surface area contributed by atoms with Crippen molar-refractivity contribution in [2.45, 2.75) is 13.5 Å². The number of methoxy groups -OCH3 is 1. The van der Waals surface area contributed by atoms with Gasteiger partial charge in [-0.3, -0.25) is 4.79 Å². The largest absolute Gasteiger partial charge is 0.454 e. The monoisotopic (exact) mass is 330 g/mol. The maximum Gasteiger partial charge on any atom is 0.231 e. The number of halogens is 1. The number of carbonyl (C=O) groups is 1. The number of rotatable bonds is 7. The molecule has 0 radical (unpaired) electrons. The van der Waals surface area contributed by atoms with Crippen LogP contribution in [-0.2, 0) is 16.1 Å². The van der Waals surface area contributed by atoms with Gasteiger partial charge in [0.15, 0.2) is 11.5 Å². The van der Waals surface area contributed by atoms with Gasteiger partial charge in [-0.2, -0.15) is 0 Å². The summed E-state index contributed by atoms with van der Waals surface area (Å²) in [5.41, 5.74) is 6.58. The zero-order valence-corrected chi connectivity index (χ0v) is 13.7. The normalized spacial score (nSPS) is 13.4. The molecule has 124 valence electrons. The molecule has 1 amide bonds. The quantitative estimate of drug-likeness (QED) is 0.818. The van der Waals surface area contributed by atoms with Crippen LogP contribution >= 0.6 is 12.4 Å². The third kappa shape index (κ3) is 4.50. The number of carbonyl (C=O) groups excluding carboxylic acids is 1. The Hall–Kier alpha value is -1.50. The van der Waals surface area contributed by atoms with Crippen molar-refractivity contribution in [3.63, 3.8) is 0 Å². The molecule has 0 spiro atoms. The lowest BCUT2D eigenvalue weighted by Crippen LogP contribution is -2.39. The molecule has 0 saturated carbocycles. The predicted molar refractivity (Wildman–Crippen MR) is 85.3 cm³/mol. The summed E-state index contributed by atoms with van der Waals surface area (Å²) in [6.07, 6.45) is 0. The molecule has 1 aromatic carbocycles. The summed E-state index contributed by atoms with van der Waals surface area (Å²) < 4.78 is 15.7. The van der Waals surface area contributed by atoms with Crippen LogP contribution in [0.2, 0.25) is 0 Å². The number of nitrogens with zero attached hydrogens (tertiary/aromatic N) is 1. The molecule has 2 N–H and O–H groups in total. The molecular weight excluding hydrogens is 308 g/mol. The first-order valence-corrected chi connectivity index (χ1v) is 7.02. The molecule has 0 fully saturated rings. The summed E-state index contributed by atoms with van der Waals surface area (Å²) in [4.78, 5) is 14.1. The Balaban J connectivity index is 0.00000242. The minimum Gasteiger partial charge on any atom is -0.454 e. The molecule has 22 heavy (non-hydrogen) atoms. The zero-order chi connectivity index (χ0) is 15.2. The van der Waals surface area contributed by atoms with Crippen molar-refractivity contribution in [3.05, 3.63) is 23.8 Å². The van der Waals surface area contributed by atoms with Crippen LogP contribution in [0.25, 0.3) is 0 Å². The highest BCUT2D eigenvalue weighted by Crippen LogP contribution is 2.32. The molecule has 0 saturated heterocycles. The Bertz CT molecular complexity index is 498. The van der Waals surface area contributed by atoms with Gasteiger partial charge in [0.2, 0.25) is 12.7 Å². The highest BCUT2D eigenvalue weighted by atomic mass is 35.5. The average molecular weight is 331 g/mol. The number of ether oxygens (including phenoxy) is 3. The molecule has 0 aromatic heterocycles. The summed E-state index contributed by atoms with van der Waals surface area (Å²) >= 11 is 0. The first-order chi connectivity index (χ1) is 10.2. The number of fused-ring (bicyclic) bond motifs is 1. The van der Waals surface area contributed by atoms with Gasteiger partial charge in [0, 0.05) is 32.7 Å². The Kier molecular flexibility index (Phi) is 7.44. The molecule has 6 nitrogen and oxygen atoms in total. The van der Waals surface area contributed by atoms with Crippen molar-refractivity contribution in [1.82, 2.24) is 4.90 Å². The van der Waals surface area contributed by atoms with Crippen molar-refractivity contribution >= 4 is 18.3 Å². The Morgan fingerprint density at radius 3 is 2.82 bits per heavy atom. The van der Waals surface area contributed by atoms with Crippen LogP contribution in [0, 0.1) is 5.92 Å². The van der Waals surface area contributed by atoms with Crippen molar-refractivity contribution in [1.29, 1.82) is 0 Å². The van der Waals surface area contributed by atoms with E-state index in [0.717, 1.165) is 17.1 Å². The molecule has 1 atom stereocenters. The highest BCUT2D eigenvalue weighted by molar-refractivity contribution is 5.85. The van der Waals surface area contributed by atoms with Gasteiger partial charge in [-0.05, 0) is 17.7 Å². The fourth-order valence-electron chi connectivity index (χ4n) is 2.14. The second-order valence-electron chi connectivity index (χ2n) is 5.08. The molecule has 1 aromatic rings. The topological polar surface area (TPSA) is 74.0 Å². The molecule has 0 bridgehead atoms. The molecule has 1 aliphatic heterocycles. The number of amides is 1. The van der Waals surface area contributed by atoms with Gasteiger partial charge in [0.05, 0.1) is 6.61 Å². The minimum absolute atomic E-state index is 0. The van der Waals surface area contributed by atoms with E-state index < -0.39 is 0 Å². The van der Waals surface area contributed by atoms with Gasteiger partial charge in [0.25, 0.3) is 0 Å². The minimum atomic E-state index is -0.198. The van der Waals surface area contributed by atoms with Crippen LogP contribution in [0.5, 0.6) is 11.5 Å². The third-order valence-electron chi connectivity index (χ3n) is 3.46. The number of benzene rings is 1. The lowest BCUT2D eigenvalue weighted by Gasteiger charge is -2.25. The van der Waals surface area contributed by atoms with Crippen LogP contribution < -0.4 is 15.2 Å². The summed E-state index contributed by atoms with van der Waals surface area (Å²) in [7, 11) is 1.62. The second-order valence-corrected chi connectivity index (χ2v) is 5.08. The van der Waals surface area contributed by atoms with Crippen molar-refractivity contribution < 1.29 is 19.0 Å². The van der Waals surface area contributed by atoms with Gasteiger partial charge >= 0.3 is 0 Å². The Morgan fingerprint density at radius 1 is 1.41 bits per heavy atom. The van der Waals surface area contributed by atoms with Crippen molar-refractivity contribution in [3.8, 4) is 11.5 Å². The number of hydrogen-bond acceptors (Lipinski definition) is 5. The second kappa shape index (κ2) is 8.82. The van der Waals surface area contributed by atoms with E-state index in [0.29, 0.717) is 26.2 Å².